The van der Waals surface area contributed by atoms with Crippen LogP contribution in [-0.4, -0.2) is 38.0 Å². The average molecular weight is 425 g/mol. The number of allylic oxidation sites excluding steroid dienone is 1. The molecule has 0 atom stereocenters. The fourth-order valence-electron chi connectivity index (χ4n) is 3.48. The van der Waals surface area contributed by atoms with Gasteiger partial charge >= 0.3 is 0 Å². The van der Waals surface area contributed by atoms with E-state index in [0.717, 1.165) is 39.2 Å². The molecule has 7 heteroatoms. The molecular weight excluding hydrogens is 396 g/mol. The smallest absolute Gasteiger partial charge is 0.192 e. The molecule has 0 spiro atoms. The number of ether oxygens (including phenoxy) is 1. The summed E-state index contributed by atoms with van der Waals surface area (Å²) < 4.78 is 9.41. The minimum Gasteiger partial charge on any atom is -0.497 e. The van der Waals surface area contributed by atoms with E-state index in [1.165, 1.54) is 11.8 Å². The molecule has 2 aromatic heterocycles. The first kappa shape index (κ1) is 21.9. The quantitative estimate of drug-likeness (QED) is 0.271. The summed E-state index contributed by atoms with van der Waals surface area (Å²) in [7, 11) is 1.65. The highest BCUT2D eigenvalue weighted by Gasteiger charge is 2.20. The Morgan fingerprint density at radius 3 is 2.53 bits per heavy atom. The Hall–Kier alpha value is -2.80. The molecule has 0 fully saturated rings. The molecule has 0 amide bonds. The van der Waals surface area contributed by atoms with Crippen molar-refractivity contribution in [2.45, 2.75) is 45.4 Å². The second kappa shape index (κ2) is 9.34. The lowest BCUT2D eigenvalue weighted by atomic mass is 10.2. The second-order valence-electron chi connectivity index (χ2n) is 7.39. The van der Waals surface area contributed by atoms with Crippen LogP contribution in [0.15, 0.2) is 48.1 Å². The Morgan fingerprint density at radius 2 is 1.93 bits per heavy atom. The molecule has 1 aromatic carbocycles. The molecule has 0 saturated carbocycles. The van der Waals surface area contributed by atoms with E-state index in [1.54, 1.807) is 7.11 Å². The van der Waals surface area contributed by atoms with E-state index in [9.17, 15) is 4.79 Å². The molecule has 0 aliphatic carbocycles. The van der Waals surface area contributed by atoms with E-state index < -0.39 is 0 Å². The predicted octanol–water partition coefficient (Wildman–Crippen LogP) is 5.11. The van der Waals surface area contributed by atoms with Crippen LogP contribution in [0.4, 0.5) is 0 Å². The second-order valence-corrected chi connectivity index (χ2v) is 8.34. The number of carbonyl (C=O) groups is 1. The number of hydrogen-bond donors (Lipinski definition) is 0. The van der Waals surface area contributed by atoms with Crippen LogP contribution < -0.4 is 4.74 Å². The van der Waals surface area contributed by atoms with Gasteiger partial charge in [-0.15, -0.1) is 16.8 Å². The van der Waals surface area contributed by atoms with Crippen molar-refractivity contribution in [3.8, 4) is 17.1 Å². The fourth-order valence-corrected chi connectivity index (χ4v) is 4.43. The van der Waals surface area contributed by atoms with E-state index in [2.05, 4.69) is 39.8 Å². The molecule has 0 saturated heterocycles. The third-order valence-corrected chi connectivity index (χ3v) is 5.99. The highest BCUT2D eigenvalue weighted by molar-refractivity contribution is 7.99. The Balaban J connectivity index is 1.82. The number of rotatable bonds is 9. The molecule has 158 valence electrons. The molecule has 0 unspecified atom stereocenters. The number of aryl methyl sites for hydroxylation is 1. The molecule has 0 N–H and O–H groups in total. The first-order valence-electron chi connectivity index (χ1n) is 9.90. The number of methoxy groups -OCH3 is 1. The number of aromatic nitrogens is 4. The zero-order valence-corrected chi connectivity index (χ0v) is 19.0. The van der Waals surface area contributed by atoms with Crippen LogP contribution in [0.2, 0.25) is 0 Å². The number of ketones is 1. The highest BCUT2D eigenvalue weighted by atomic mass is 32.2. The van der Waals surface area contributed by atoms with Crippen molar-refractivity contribution in [2.75, 3.05) is 12.9 Å². The number of hydrogen-bond acceptors (Lipinski definition) is 5. The van der Waals surface area contributed by atoms with Gasteiger partial charge < -0.3 is 9.30 Å². The van der Waals surface area contributed by atoms with Crippen LogP contribution >= 0.6 is 11.8 Å². The molecule has 2 heterocycles. The SMILES string of the molecule is C=CCn1c(C)cc(C(=O)CSc2nnc(-c3ccc(OC)cc3)n2C(C)C)c1C. The lowest BCUT2D eigenvalue weighted by Crippen LogP contribution is -2.09. The lowest BCUT2D eigenvalue weighted by molar-refractivity contribution is 0.102. The summed E-state index contributed by atoms with van der Waals surface area (Å²) in [5.74, 6) is 1.98. The van der Waals surface area contributed by atoms with Gasteiger partial charge in [0.05, 0.1) is 12.9 Å². The van der Waals surface area contributed by atoms with Crippen LogP contribution in [0.5, 0.6) is 5.75 Å². The molecule has 3 aromatic rings. The van der Waals surface area contributed by atoms with Gasteiger partial charge in [-0.1, -0.05) is 17.8 Å². The predicted molar refractivity (Wildman–Crippen MR) is 122 cm³/mol. The van der Waals surface area contributed by atoms with E-state index in [1.807, 2.05) is 50.3 Å². The minimum absolute atomic E-state index is 0.0905. The molecule has 30 heavy (non-hydrogen) atoms. The van der Waals surface area contributed by atoms with Crippen molar-refractivity contribution in [3.63, 3.8) is 0 Å². The summed E-state index contributed by atoms with van der Waals surface area (Å²) in [5, 5.41) is 9.51. The van der Waals surface area contributed by atoms with E-state index in [4.69, 9.17) is 4.74 Å². The highest BCUT2D eigenvalue weighted by Crippen LogP contribution is 2.29. The molecule has 0 aliphatic heterocycles. The van der Waals surface area contributed by atoms with Crippen LogP contribution in [0.3, 0.4) is 0 Å². The Labute approximate surface area is 182 Å². The molecule has 6 nitrogen and oxygen atoms in total. The molecule has 0 radical (unpaired) electrons. The number of nitrogens with zero attached hydrogens (tertiary/aromatic N) is 4. The number of thioether (sulfide) groups is 1. The van der Waals surface area contributed by atoms with Crippen LogP contribution in [-0.2, 0) is 6.54 Å². The minimum atomic E-state index is 0.0905. The van der Waals surface area contributed by atoms with Crippen molar-refractivity contribution in [2.24, 2.45) is 0 Å². The first-order valence-corrected chi connectivity index (χ1v) is 10.9. The lowest BCUT2D eigenvalue weighted by Gasteiger charge is -2.14. The van der Waals surface area contributed by atoms with Gasteiger partial charge in [-0.05, 0) is 58.0 Å². The summed E-state index contributed by atoms with van der Waals surface area (Å²) in [6.07, 6.45) is 1.84. The standard InChI is InChI=1S/C23H28N4O2S/c1-7-12-26-16(4)13-20(17(26)5)21(28)14-30-23-25-24-22(27(23)15(2)3)18-8-10-19(29-6)11-9-18/h7-11,13,15H,1,12,14H2,2-6H3. The monoisotopic (exact) mass is 424 g/mol. The molecule has 3 rings (SSSR count). The van der Waals surface area contributed by atoms with E-state index in [0.29, 0.717) is 12.3 Å². The Kier molecular flexibility index (Phi) is 6.82. The van der Waals surface area contributed by atoms with Crippen molar-refractivity contribution >= 4 is 17.5 Å². The number of benzene rings is 1. The fraction of sp³-hybridized carbons (Fsp3) is 0.348. The average Bonchev–Trinajstić information content (AvgIpc) is 3.29. The summed E-state index contributed by atoms with van der Waals surface area (Å²) in [6.45, 7) is 12.7. The van der Waals surface area contributed by atoms with Crippen molar-refractivity contribution < 1.29 is 9.53 Å². The first-order chi connectivity index (χ1) is 14.4. The van der Waals surface area contributed by atoms with E-state index >= 15 is 0 Å². The maximum Gasteiger partial charge on any atom is 0.192 e. The van der Waals surface area contributed by atoms with Gasteiger partial charge in [0.2, 0.25) is 0 Å². The van der Waals surface area contributed by atoms with Gasteiger partial charge in [0.15, 0.2) is 16.8 Å². The molecule has 0 aliphatic rings. The van der Waals surface area contributed by atoms with Gasteiger partial charge in [-0.3, -0.25) is 9.36 Å². The Bertz CT molecular complexity index is 1050. The van der Waals surface area contributed by atoms with Gasteiger partial charge in [0.25, 0.3) is 0 Å². The normalized spacial score (nSPS) is 11.1. The third-order valence-electron chi connectivity index (χ3n) is 5.05. The summed E-state index contributed by atoms with van der Waals surface area (Å²) >= 11 is 1.42. The largest absolute Gasteiger partial charge is 0.497 e. The van der Waals surface area contributed by atoms with Crippen LogP contribution in [0, 0.1) is 13.8 Å². The van der Waals surface area contributed by atoms with Crippen molar-refractivity contribution in [1.82, 2.24) is 19.3 Å². The summed E-state index contributed by atoms with van der Waals surface area (Å²) in [5.41, 5.74) is 3.76. The number of carbonyl (C=O) groups excluding carboxylic acids is 1. The summed E-state index contributed by atoms with van der Waals surface area (Å²) in [6, 6.07) is 9.87. The maximum absolute atomic E-state index is 12.9. The molecular formula is C23H28N4O2S. The van der Waals surface area contributed by atoms with Crippen molar-refractivity contribution in [1.29, 1.82) is 0 Å². The molecule has 0 bridgehead atoms. The zero-order valence-electron chi connectivity index (χ0n) is 18.2. The van der Waals surface area contributed by atoms with E-state index in [-0.39, 0.29) is 11.8 Å². The van der Waals surface area contributed by atoms with Gasteiger partial charge in [0.1, 0.15) is 5.75 Å². The van der Waals surface area contributed by atoms with Crippen LogP contribution in [0.1, 0.15) is 41.6 Å². The zero-order chi connectivity index (χ0) is 21.8. The van der Waals surface area contributed by atoms with Gasteiger partial charge in [0, 0.05) is 35.1 Å². The van der Waals surface area contributed by atoms with Crippen molar-refractivity contribution in [3.05, 3.63) is 59.9 Å². The summed E-state index contributed by atoms with van der Waals surface area (Å²) in [4.78, 5) is 12.9. The van der Waals surface area contributed by atoms with Crippen LogP contribution in [0.25, 0.3) is 11.4 Å². The van der Waals surface area contributed by atoms with Gasteiger partial charge in [-0.2, -0.15) is 0 Å². The third kappa shape index (κ3) is 4.36. The Morgan fingerprint density at radius 1 is 1.23 bits per heavy atom. The topological polar surface area (TPSA) is 61.9 Å². The maximum atomic E-state index is 12.9. The number of Topliss-reactive ketones (excluding diaryl/α,β-unsaturated/α-hetero) is 1. The van der Waals surface area contributed by atoms with Gasteiger partial charge in [-0.25, -0.2) is 0 Å².